The van der Waals surface area contributed by atoms with Gasteiger partial charge in [-0.15, -0.1) is 0 Å². The molecular weight excluding hydrogens is 524 g/mol. The van der Waals surface area contributed by atoms with E-state index in [9.17, 15) is 14.9 Å². The second kappa shape index (κ2) is 11.4. The molecule has 34 heavy (non-hydrogen) atoms. The van der Waals surface area contributed by atoms with Crippen LogP contribution in [0.3, 0.4) is 0 Å². The minimum Gasteiger partial charge on any atom is -0.497 e. The standard InChI is InChI=1S/C25H18BrClN2O5/c1-32-20-8-6-16(7-9-20)25(31)34-23-21(26)11-15(12-22(23)33-2)10-17(14-28)24(30)29-19-5-3-4-18(27)13-19/h3-13H,1-2H3,(H,29,30)/b17-10+. The molecule has 172 valence electrons. The number of halogens is 2. The van der Waals surface area contributed by atoms with Crippen LogP contribution in [0, 0.1) is 11.3 Å². The number of nitrogens with zero attached hydrogens (tertiary/aromatic N) is 1. The average Bonchev–Trinajstić information content (AvgIpc) is 2.83. The minimum atomic E-state index is -0.602. The first-order valence-corrected chi connectivity index (χ1v) is 10.9. The van der Waals surface area contributed by atoms with Gasteiger partial charge in [-0.2, -0.15) is 5.26 Å². The molecule has 9 heteroatoms. The molecule has 0 heterocycles. The maximum absolute atomic E-state index is 12.6. The minimum absolute atomic E-state index is 0.142. The molecular formula is C25H18BrClN2O5. The van der Waals surface area contributed by atoms with E-state index in [0.717, 1.165) is 0 Å². The van der Waals surface area contributed by atoms with E-state index in [0.29, 0.717) is 32.1 Å². The van der Waals surface area contributed by atoms with Crippen molar-refractivity contribution in [1.82, 2.24) is 0 Å². The van der Waals surface area contributed by atoms with Crippen molar-refractivity contribution in [3.63, 3.8) is 0 Å². The zero-order valence-corrected chi connectivity index (χ0v) is 20.4. The second-order valence-corrected chi connectivity index (χ2v) is 8.08. The zero-order valence-electron chi connectivity index (χ0n) is 18.1. The summed E-state index contributed by atoms with van der Waals surface area (Å²) in [5.74, 6) is -0.199. The number of hydrogen-bond acceptors (Lipinski definition) is 6. The molecule has 0 spiro atoms. The van der Waals surface area contributed by atoms with Crippen LogP contribution in [0.5, 0.6) is 17.2 Å². The van der Waals surface area contributed by atoms with Gasteiger partial charge in [-0.25, -0.2) is 4.79 Å². The Morgan fingerprint density at radius 2 is 1.79 bits per heavy atom. The highest BCUT2D eigenvalue weighted by atomic mass is 79.9. The van der Waals surface area contributed by atoms with Crippen LogP contribution in [0.1, 0.15) is 15.9 Å². The zero-order chi connectivity index (χ0) is 24.7. The number of carbonyl (C=O) groups is 2. The van der Waals surface area contributed by atoms with Crippen molar-refractivity contribution in [2.24, 2.45) is 0 Å². The van der Waals surface area contributed by atoms with E-state index >= 15 is 0 Å². The highest BCUT2D eigenvalue weighted by molar-refractivity contribution is 9.10. The Labute approximate surface area is 209 Å². The molecule has 0 unspecified atom stereocenters. The monoisotopic (exact) mass is 540 g/mol. The summed E-state index contributed by atoms with van der Waals surface area (Å²) in [5.41, 5.74) is 1.11. The number of carbonyl (C=O) groups excluding carboxylic acids is 2. The molecule has 0 atom stereocenters. The Morgan fingerprint density at radius 3 is 2.41 bits per heavy atom. The largest absolute Gasteiger partial charge is 0.497 e. The maximum Gasteiger partial charge on any atom is 0.343 e. The van der Waals surface area contributed by atoms with Gasteiger partial charge in [0.2, 0.25) is 0 Å². The third kappa shape index (κ3) is 6.16. The van der Waals surface area contributed by atoms with Gasteiger partial charge in [-0.3, -0.25) is 4.79 Å². The third-order valence-electron chi connectivity index (χ3n) is 4.53. The average molecular weight is 542 g/mol. The SMILES string of the molecule is COc1ccc(C(=O)Oc2c(Br)cc(/C=C(\C#N)C(=O)Nc3cccc(Cl)c3)cc2OC)cc1. The number of ether oxygens (including phenoxy) is 3. The molecule has 3 rings (SSSR count). The number of benzene rings is 3. The van der Waals surface area contributed by atoms with Crippen molar-refractivity contribution in [2.45, 2.75) is 0 Å². The predicted octanol–water partition coefficient (Wildman–Crippen LogP) is 5.88. The number of methoxy groups -OCH3 is 2. The van der Waals surface area contributed by atoms with Gasteiger partial charge in [0.15, 0.2) is 11.5 Å². The fourth-order valence-corrected chi connectivity index (χ4v) is 3.61. The molecule has 0 saturated heterocycles. The number of amides is 1. The van der Waals surface area contributed by atoms with Crippen LogP contribution in [0.15, 0.2) is 70.7 Å². The Hall–Kier alpha value is -3.80. The first-order chi connectivity index (χ1) is 16.3. The van der Waals surface area contributed by atoms with Gasteiger partial charge in [0, 0.05) is 10.7 Å². The summed E-state index contributed by atoms with van der Waals surface area (Å²) in [6.07, 6.45) is 1.39. The van der Waals surface area contributed by atoms with Crippen molar-refractivity contribution >= 4 is 51.2 Å². The lowest BCUT2D eigenvalue weighted by Crippen LogP contribution is -2.13. The molecule has 1 N–H and O–H groups in total. The number of esters is 1. The van der Waals surface area contributed by atoms with E-state index in [4.69, 9.17) is 25.8 Å². The van der Waals surface area contributed by atoms with E-state index < -0.39 is 11.9 Å². The smallest absolute Gasteiger partial charge is 0.343 e. The summed E-state index contributed by atoms with van der Waals surface area (Å²) < 4.78 is 16.4. The number of nitrogens with one attached hydrogen (secondary N) is 1. The van der Waals surface area contributed by atoms with Crippen molar-refractivity contribution in [3.05, 3.63) is 86.9 Å². The van der Waals surface area contributed by atoms with Gasteiger partial charge in [0.05, 0.1) is 24.3 Å². The maximum atomic E-state index is 12.6. The summed E-state index contributed by atoms with van der Waals surface area (Å²) in [5, 5.41) is 12.6. The predicted molar refractivity (Wildman–Crippen MR) is 132 cm³/mol. The molecule has 0 aliphatic carbocycles. The molecule has 0 aliphatic heterocycles. The molecule has 0 aromatic heterocycles. The highest BCUT2D eigenvalue weighted by Gasteiger charge is 2.18. The van der Waals surface area contributed by atoms with Crippen molar-refractivity contribution < 1.29 is 23.8 Å². The van der Waals surface area contributed by atoms with Gasteiger partial charge in [-0.1, -0.05) is 17.7 Å². The molecule has 0 aliphatic rings. The third-order valence-corrected chi connectivity index (χ3v) is 5.35. The van der Waals surface area contributed by atoms with E-state index in [-0.39, 0.29) is 17.1 Å². The van der Waals surface area contributed by atoms with Gasteiger partial charge in [0.1, 0.15) is 17.4 Å². The van der Waals surface area contributed by atoms with Gasteiger partial charge in [0.25, 0.3) is 5.91 Å². The highest BCUT2D eigenvalue weighted by Crippen LogP contribution is 2.38. The van der Waals surface area contributed by atoms with E-state index in [1.165, 1.54) is 20.3 Å². The van der Waals surface area contributed by atoms with Crippen LogP contribution in [0.4, 0.5) is 5.69 Å². The molecule has 3 aromatic carbocycles. The molecule has 3 aromatic rings. The first-order valence-electron chi connectivity index (χ1n) is 9.77. The molecule has 1 amide bonds. The van der Waals surface area contributed by atoms with Crippen LogP contribution in [-0.4, -0.2) is 26.1 Å². The Bertz CT molecular complexity index is 1300. The molecule has 0 saturated carbocycles. The fourth-order valence-electron chi connectivity index (χ4n) is 2.88. The van der Waals surface area contributed by atoms with Gasteiger partial charge in [-0.05, 0) is 82.2 Å². The summed E-state index contributed by atoms with van der Waals surface area (Å²) in [7, 11) is 2.95. The first kappa shape index (κ1) is 24.8. The van der Waals surface area contributed by atoms with E-state index in [1.54, 1.807) is 60.7 Å². The van der Waals surface area contributed by atoms with Crippen molar-refractivity contribution in [1.29, 1.82) is 5.26 Å². The van der Waals surface area contributed by atoms with Crippen LogP contribution in [0.2, 0.25) is 5.02 Å². The summed E-state index contributed by atoms with van der Waals surface area (Å²) >= 11 is 9.30. The van der Waals surface area contributed by atoms with Gasteiger partial charge < -0.3 is 19.5 Å². The van der Waals surface area contributed by atoms with Crippen LogP contribution >= 0.6 is 27.5 Å². The van der Waals surface area contributed by atoms with E-state index in [1.807, 2.05) is 6.07 Å². The summed E-state index contributed by atoms with van der Waals surface area (Å²) in [4.78, 5) is 25.1. The number of nitriles is 1. The van der Waals surface area contributed by atoms with Gasteiger partial charge >= 0.3 is 5.97 Å². The lowest BCUT2D eigenvalue weighted by molar-refractivity contribution is -0.112. The fraction of sp³-hybridized carbons (Fsp3) is 0.0800. The Balaban J connectivity index is 1.84. The second-order valence-electron chi connectivity index (χ2n) is 6.79. The molecule has 0 fully saturated rings. The van der Waals surface area contributed by atoms with E-state index in [2.05, 4.69) is 21.2 Å². The van der Waals surface area contributed by atoms with Crippen molar-refractivity contribution in [2.75, 3.05) is 19.5 Å². The molecule has 0 radical (unpaired) electrons. The van der Waals surface area contributed by atoms with Crippen LogP contribution < -0.4 is 19.5 Å². The molecule has 7 nitrogen and oxygen atoms in total. The Morgan fingerprint density at radius 1 is 1.06 bits per heavy atom. The lowest BCUT2D eigenvalue weighted by Gasteiger charge is -2.13. The normalized spacial score (nSPS) is 10.7. The number of hydrogen-bond donors (Lipinski definition) is 1. The quantitative estimate of drug-likeness (QED) is 0.173. The topological polar surface area (TPSA) is 97.7 Å². The van der Waals surface area contributed by atoms with Crippen LogP contribution in [0.25, 0.3) is 6.08 Å². The number of rotatable bonds is 7. The van der Waals surface area contributed by atoms with Crippen molar-refractivity contribution in [3.8, 4) is 23.3 Å². The Kier molecular flexibility index (Phi) is 8.30. The summed E-state index contributed by atoms with van der Waals surface area (Å²) in [6, 6.07) is 18.1. The molecule has 0 bridgehead atoms. The number of anilines is 1. The van der Waals surface area contributed by atoms with Crippen LogP contribution in [-0.2, 0) is 4.79 Å². The lowest BCUT2D eigenvalue weighted by atomic mass is 10.1. The summed E-state index contributed by atoms with van der Waals surface area (Å²) in [6.45, 7) is 0.